The van der Waals surface area contributed by atoms with E-state index in [0.29, 0.717) is 6.54 Å². The van der Waals surface area contributed by atoms with Gasteiger partial charge in [0.15, 0.2) is 0 Å². The minimum atomic E-state index is -1.09. The van der Waals surface area contributed by atoms with Gasteiger partial charge in [-0.15, -0.1) is 0 Å². The number of nitrogens with one attached hydrogen (secondary N) is 1. The van der Waals surface area contributed by atoms with Crippen LogP contribution in [-0.4, -0.2) is 21.4 Å². The number of aliphatic hydroxyl groups excluding tert-OH is 1. The number of nitrogens with zero attached hydrogens (tertiary/aromatic N) is 2. The molecule has 2 N–H and O–H groups in total. The summed E-state index contributed by atoms with van der Waals surface area (Å²) in [7, 11) is 1.83. The van der Waals surface area contributed by atoms with Gasteiger partial charge in [0.05, 0.1) is 11.8 Å². The molecule has 0 radical (unpaired) electrons. The fraction of sp³-hybridized carbons (Fsp3) is 0.357. The van der Waals surface area contributed by atoms with Gasteiger partial charge in [-0.25, -0.2) is 8.78 Å². The molecule has 0 aliphatic carbocycles. The molecule has 0 aliphatic heterocycles. The van der Waals surface area contributed by atoms with Crippen molar-refractivity contribution in [3.8, 4) is 0 Å². The second-order valence-corrected chi connectivity index (χ2v) is 4.73. The van der Waals surface area contributed by atoms with Crippen LogP contribution in [0.15, 0.2) is 24.4 Å². The summed E-state index contributed by atoms with van der Waals surface area (Å²) in [5.41, 5.74) is 1.85. The number of hydrogen-bond acceptors (Lipinski definition) is 3. The zero-order valence-corrected chi connectivity index (χ0v) is 11.4. The van der Waals surface area contributed by atoms with Crippen LogP contribution in [0.25, 0.3) is 0 Å². The van der Waals surface area contributed by atoms with Crippen LogP contribution in [-0.2, 0) is 13.6 Å². The summed E-state index contributed by atoms with van der Waals surface area (Å²) >= 11 is 0. The first-order valence-electron chi connectivity index (χ1n) is 6.30. The average molecular weight is 281 g/mol. The highest BCUT2D eigenvalue weighted by molar-refractivity contribution is 5.21. The standard InChI is InChI=1S/C14H17F2N3O/c1-9-10(8-19(2)18-9)6-17-7-14(20)12-5-11(15)3-4-13(12)16/h3-5,8,14,17,20H,6-7H2,1-2H3. The third-order valence-electron chi connectivity index (χ3n) is 3.09. The molecule has 0 saturated carbocycles. The molecule has 1 aromatic heterocycles. The van der Waals surface area contributed by atoms with E-state index in [4.69, 9.17) is 0 Å². The number of aromatic nitrogens is 2. The minimum Gasteiger partial charge on any atom is -0.387 e. The smallest absolute Gasteiger partial charge is 0.129 e. The van der Waals surface area contributed by atoms with Gasteiger partial charge >= 0.3 is 0 Å². The van der Waals surface area contributed by atoms with Gasteiger partial charge in [-0.3, -0.25) is 4.68 Å². The van der Waals surface area contributed by atoms with Gasteiger partial charge in [0, 0.05) is 37.5 Å². The molecule has 0 amide bonds. The van der Waals surface area contributed by atoms with Gasteiger partial charge in [-0.2, -0.15) is 5.10 Å². The highest BCUT2D eigenvalue weighted by Crippen LogP contribution is 2.17. The second kappa shape index (κ2) is 6.11. The van der Waals surface area contributed by atoms with Crippen LogP contribution in [0.5, 0.6) is 0 Å². The van der Waals surface area contributed by atoms with Gasteiger partial charge < -0.3 is 10.4 Å². The maximum absolute atomic E-state index is 13.5. The average Bonchev–Trinajstić information content (AvgIpc) is 2.71. The molecule has 2 rings (SSSR count). The molecule has 2 aromatic rings. The number of rotatable bonds is 5. The van der Waals surface area contributed by atoms with E-state index in [1.807, 2.05) is 20.2 Å². The summed E-state index contributed by atoms with van der Waals surface area (Å²) in [6, 6.07) is 3.05. The summed E-state index contributed by atoms with van der Waals surface area (Å²) in [5.74, 6) is -1.18. The molecular formula is C14H17F2N3O. The lowest BCUT2D eigenvalue weighted by Gasteiger charge is -2.13. The van der Waals surface area contributed by atoms with Crippen molar-refractivity contribution in [1.82, 2.24) is 15.1 Å². The zero-order chi connectivity index (χ0) is 14.7. The van der Waals surface area contributed by atoms with Crippen molar-refractivity contribution in [2.45, 2.75) is 19.6 Å². The number of aryl methyl sites for hydroxylation is 2. The molecule has 1 aromatic carbocycles. The van der Waals surface area contributed by atoms with Crippen molar-refractivity contribution < 1.29 is 13.9 Å². The molecule has 1 atom stereocenters. The van der Waals surface area contributed by atoms with E-state index < -0.39 is 17.7 Å². The SMILES string of the molecule is Cc1nn(C)cc1CNCC(O)c1cc(F)ccc1F. The van der Waals surface area contributed by atoms with Crippen LogP contribution >= 0.6 is 0 Å². The van der Waals surface area contributed by atoms with Gasteiger partial charge in [-0.05, 0) is 25.1 Å². The largest absolute Gasteiger partial charge is 0.387 e. The molecule has 20 heavy (non-hydrogen) atoms. The molecule has 0 saturated heterocycles. The number of aliphatic hydroxyl groups is 1. The van der Waals surface area contributed by atoms with E-state index in [1.165, 1.54) is 0 Å². The first kappa shape index (κ1) is 14.6. The zero-order valence-electron chi connectivity index (χ0n) is 11.4. The third-order valence-corrected chi connectivity index (χ3v) is 3.09. The fourth-order valence-corrected chi connectivity index (χ4v) is 2.05. The molecule has 6 heteroatoms. The molecule has 1 heterocycles. The maximum Gasteiger partial charge on any atom is 0.129 e. The van der Waals surface area contributed by atoms with Crippen LogP contribution in [0.3, 0.4) is 0 Å². The van der Waals surface area contributed by atoms with E-state index in [1.54, 1.807) is 4.68 Å². The lowest BCUT2D eigenvalue weighted by molar-refractivity contribution is 0.169. The number of hydrogen-bond donors (Lipinski definition) is 2. The Hall–Kier alpha value is -1.79. The van der Waals surface area contributed by atoms with E-state index in [9.17, 15) is 13.9 Å². The van der Waals surface area contributed by atoms with Crippen LogP contribution in [0.2, 0.25) is 0 Å². The van der Waals surface area contributed by atoms with Crippen molar-refractivity contribution in [1.29, 1.82) is 0 Å². The van der Waals surface area contributed by atoms with Gasteiger partial charge in [0.1, 0.15) is 11.6 Å². The van der Waals surface area contributed by atoms with E-state index >= 15 is 0 Å². The predicted octanol–water partition coefficient (Wildman–Crippen LogP) is 1.83. The van der Waals surface area contributed by atoms with Crippen molar-refractivity contribution in [2.24, 2.45) is 7.05 Å². The molecule has 0 spiro atoms. The summed E-state index contributed by atoms with van der Waals surface area (Å²) in [6.45, 7) is 2.53. The topological polar surface area (TPSA) is 50.1 Å². The Morgan fingerprint density at radius 3 is 2.80 bits per heavy atom. The van der Waals surface area contributed by atoms with Crippen molar-refractivity contribution in [3.63, 3.8) is 0 Å². The monoisotopic (exact) mass is 281 g/mol. The van der Waals surface area contributed by atoms with Crippen LogP contribution in [0.1, 0.15) is 22.9 Å². The Balaban J connectivity index is 1.93. The molecule has 1 unspecified atom stereocenters. The Morgan fingerprint density at radius 2 is 2.15 bits per heavy atom. The summed E-state index contributed by atoms with van der Waals surface area (Å²) < 4.78 is 28.2. The van der Waals surface area contributed by atoms with Gasteiger partial charge in [-0.1, -0.05) is 0 Å². The highest BCUT2D eigenvalue weighted by Gasteiger charge is 2.14. The Bertz CT molecular complexity index is 598. The summed E-state index contributed by atoms with van der Waals surface area (Å²) in [5, 5.41) is 17.1. The van der Waals surface area contributed by atoms with Crippen LogP contribution < -0.4 is 5.32 Å². The van der Waals surface area contributed by atoms with Crippen LogP contribution in [0, 0.1) is 18.6 Å². The van der Waals surface area contributed by atoms with E-state index in [0.717, 1.165) is 29.5 Å². The Morgan fingerprint density at radius 1 is 1.40 bits per heavy atom. The molecule has 0 bridgehead atoms. The first-order chi connectivity index (χ1) is 9.47. The maximum atomic E-state index is 13.5. The minimum absolute atomic E-state index is 0.0413. The molecular weight excluding hydrogens is 264 g/mol. The summed E-state index contributed by atoms with van der Waals surface area (Å²) in [4.78, 5) is 0. The van der Waals surface area contributed by atoms with Gasteiger partial charge in [0.2, 0.25) is 0 Å². The first-order valence-corrected chi connectivity index (χ1v) is 6.30. The Kier molecular flexibility index (Phi) is 4.46. The summed E-state index contributed by atoms with van der Waals surface area (Å²) in [6.07, 6.45) is 0.778. The normalized spacial score (nSPS) is 12.7. The Labute approximate surface area is 116 Å². The van der Waals surface area contributed by atoms with Crippen molar-refractivity contribution in [3.05, 3.63) is 52.9 Å². The predicted molar refractivity (Wildman–Crippen MR) is 71.0 cm³/mol. The number of halogens is 2. The quantitative estimate of drug-likeness (QED) is 0.879. The lowest BCUT2D eigenvalue weighted by Crippen LogP contribution is -2.22. The van der Waals surface area contributed by atoms with Crippen LogP contribution in [0.4, 0.5) is 8.78 Å². The van der Waals surface area contributed by atoms with E-state index in [-0.39, 0.29) is 12.1 Å². The molecule has 0 fully saturated rings. The number of benzene rings is 1. The van der Waals surface area contributed by atoms with Crippen molar-refractivity contribution >= 4 is 0 Å². The molecule has 4 nitrogen and oxygen atoms in total. The second-order valence-electron chi connectivity index (χ2n) is 4.73. The molecule has 108 valence electrons. The van der Waals surface area contributed by atoms with Gasteiger partial charge in [0.25, 0.3) is 0 Å². The highest BCUT2D eigenvalue weighted by atomic mass is 19.1. The fourth-order valence-electron chi connectivity index (χ4n) is 2.05. The van der Waals surface area contributed by atoms with Crippen molar-refractivity contribution in [2.75, 3.05) is 6.54 Å². The lowest BCUT2D eigenvalue weighted by atomic mass is 10.1. The third kappa shape index (κ3) is 3.40. The van der Waals surface area contributed by atoms with E-state index in [2.05, 4.69) is 10.4 Å². The molecule has 0 aliphatic rings.